The Morgan fingerprint density at radius 3 is 2.39 bits per heavy atom. The number of benzene rings is 2. The van der Waals surface area contributed by atoms with Crippen LogP contribution < -0.4 is 15.4 Å². The van der Waals surface area contributed by atoms with Crippen LogP contribution in [-0.4, -0.2) is 112 Å². The van der Waals surface area contributed by atoms with E-state index in [9.17, 15) is 19.8 Å². The van der Waals surface area contributed by atoms with Crippen LogP contribution in [0.3, 0.4) is 0 Å². The van der Waals surface area contributed by atoms with Crippen molar-refractivity contribution in [3.8, 4) is 17.2 Å². The van der Waals surface area contributed by atoms with Gasteiger partial charge in [0.2, 0.25) is 0 Å². The van der Waals surface area contributed by atoms with E-state index >= 15 is 0 Å². The van der Waals surface area contributed by atoms with Crippen molar-refractivity contribution in [2.75, 3.05) is 78.5 Å². The second-order valence-corrected chi connectivity index (χ2v) is 13.4. The molecule has 2 aromatic rings. The van der Waals surface area contributed by atoms with Gasteiger partial charge in [-0.3, -0.25) is 4.79 Å². The Morgan fingerprint density at radius 2 is 1.71 bits per heavy atom. The highest BCUT2D eigenvalue weighted by Crippen LogP contribution is 2.37. The number of rotatable bonds is 20. The van der Waals surface area contributed by atoms with Crippen LogP contribution in [0, 0.1) is 5.92 Å². The van der Waals surface area contributed by atoms with E-state index in [0.717, 1.165) is 88.3 Å². The van der Waals surface area contributed by atoms with Gasteiger partial charge in [-0.05, 0) is 119 Å². The van der Waals surface area contributed by atoms with Gasteiger partial charge in [-0.25, -0.2) is 0 Å². The number of likely N-dealkylation sites (N-methyl/N-ethyl adjacent to an activating group) is 1. The van der Waals surface area contributed by atoms with Crippen molar-refractivity contribution in [1.82, 2.24) is 15.1 Å². The molecule has 1 aliphatic carbocycles. The lowest BCUT2D eigenvalue weighted by atomic mass is 9.87. The first-order valence-corrected chi connectivity index (χ1v) is 18.4. The zero-order chi connectivity index (χ0) is 35.4. The smallest absolute Gasteiger partial charge is 0.157 e. The maximum atomic E-state index is 10.7. The molecule has 1 atom stereocenters. The first kappa shape index (κ1) is 40.3. The van der Waals surface area contributed by atoms with Crippen LogP contribution in [0.4, 0.5) is 5.69 Å². The van der Waals surface area contributed by atoms with Gasteiger partial charge in [-0.1, -0.05) is 38.0 Å². The molecule has 1 saturated carbocycles. The predicted octanol–water partition coefficient (Wildman–Crippen LogP) is 5.39. The SMILES string of the molecule is CCN1CCC(c2cc(CCOCCC=O)ccc2O)CC1.CNc1c(O)ccc(CCNCCN(C)C(C)C2CCCC2)c1OCC=O. The van der Waals surface area contributed by atoms with Crippen LogP contribution >= 0.6 is 0 Å². The van der Waals surface area contributed by atoms with Crippen LogP contribution in [0.2, 0.25) is 0 Å². The number of nitrogens with zero attached hydrogens (tertiary/aromatic N) is 2. The molecule has 0 aromatic heterocycles. The van der Waals surface area contributed by atoms with Crippen molar-refractivity contribution < 1.29 is 29.3 Å². The van der Waals surface area contributed by atoms with E-state index < -0.39 is 0 Å². The summed E-state index contributed by atoms with van der Waals surface area (Å²) in [6.07, 6.45) is 11.4. The fourth-order valence-corrected chi connectivity index (χ4v) is 7.01. The number of phenolic OH excluding ortho intramolecular Hbond substituents is 2. The predicted molar refractivity (Wildman–Crippen MR) is 197 cm³/mol. The molecule has 0 spiro atoms. The standard InChI is InChI=1S/C21H35N3O3.C18H27NO3/c1-16(17-6-4-5-7-17)24(3)13-12-23-11-10-18-8-9-19(26)20(22-2)21(18)27-15-14-25;1-2-19-9-6-16(7-10-19)17-14-15(4-5-18(17)21)8-13-22-12-3-11-20/h8-9,14,16-17,22-23,26H,4-7,10-13,15H2,1-3H3;4-5,11,14,16,21H,2-3,6-10,12-13H2,1H3. The number of nitrogens with one attached hydrogen (secondary N) is 2. The molecule has 1 unspecified atom stereocenters. The molecule has 2 aliphatic rings. The minimum atomic E-state index is -0.0254. The third-order valence-corrected chi connectivity index (χ3v) is 10.2. The molecule has 0 radical (unpaired) electrons. The van der Waals surface area contributed by atoms with Gasteiger partial charge in [0.15, 0.2) is 6.29 Å². The Bertz CT molecular complexity index is 1250. The number of carbonyl (C=O) groups excluding carboxylic acids is 2. The molecular weight excluding hydrogens is 620 g/mol. The lowest BCUT2D eigenvalue weighted by Crippen LogP contribution is -2.39. The van der Waals surface area contributed by atoms with Crippen molar-refractivity contribution in [1.29, 1.82) is 0 Å². The maximum Gasteiger partial charge on any atom is 0.157 e. The fraction of sp³-hybridized carbons (Fsp3) is 0.641. The molecule has 2 fully saturated rings. The number of carbonyl (C=O) groups is 2. The Hall–Kier alpha value is -3.18. The number of phenols is 2. The van der Waals surface area contributed by atoms with Crippen LogP contribution in [0.5, 0.6) is 17.2 Å². The summed E-state index contributed by atoms with van der Waals surface area (Å²) in [4.78, 5) is 25.8. The third-order valence-electron chi connectivity index (χ3n) is 10.2. The van der Waals surface area contributed by atoms with E-state index in [1.165, 1.54) is 31.2 Å². The second kappa shape index (κ2) is 22.5. The normalized spacial score (nSPS) is 16.3. The molecule has 0 bridgehead atoms. The maximum absolute atomic E-state index is 10.7. The molecule has 4 N–H and O–H groups in total. The minimum Gasteiger partial charge on any atom is -0.508 e. The largest absolute Gasteiger partial charge is 0.508 e. The Balaban J connectivity index is 0.000000271. The van der Waals surface area contributed by atoms with Gasteiger partial charge in [-0.15, -0.1) is 0 Å². The summed E-state index contributed by atoms with van der Waals surface area (Å²) in [7, 11) is 3.95. The van der Waals surface area contributed by atoms with Gasteiger partial charge in [0.1, 0.15) is 35.8 Å². The van der Waals surface area contributed by atoms with Crippen molar-refractivity contribution in [2.24, 2.45) is 5.92 Å². The van der Waals surface area contributed by atoms with Crippen LogP contribution in [0.1, 0.15) is 81.4 Å². The van der Waals surface area contributed by atoms with Crippen molar-refractivity contribution in [2.45, 2.75) is 83.6 Å². The number of ether oxygens (including phenoxy) is 2. The molecule has 4 rings (SSSR count). The number of hydrogen-bond acceptors (Lipinski definition) is 10. The molecule has 0 amide bonds. The number of aromatic hydroxyl groups is 2. The molecule has 49 heavy (non-hydrogen) atoms. The molecule has 1 saturated heterocycles. The number of piperidine rings is 1. The third kappa shape index (κ3) is 13.2. The molecule has 1 aliphatic heterocycles. The summed E-state index contributed by atoms with van der Waals surface area (Å²) >= 11 is 0. The van der Waals surface area contributed by atoms with E-state index in [1.807, 2.05) is 18.2 Å². The Morgan fingerprint density at radius 1 is 0.980 bits per heavy atom. The van der Waals surface area contributed by atoms with Crippen molar-refractivity contribution in [3.63, 3.8) is 0 Å². The van der Waals surface area contributed by atoms with Gasteiger partial charge >= 0.3 is 0 Å². The second-order valence-electron chi connectivity index (χ2n) is 13.4. The average molecular weight is 683 g/mol. The van der Waals surface area contributed by atoms with E-state index in [-0.39, 0.29) is 12.4 Å². The molecule has 1 heterocycles. The van der Waals surface area contributed by atoms with E-state index in [1.54, 1.807) is 13.1 Å². The molecule has 10 heteroatoms. The van der Waals surface area contributed by atoms with Crippen molar-refractivity contribution in [3.05, 3.63) is 47.0 Å². The summed E-state index contributed by atoms with van der Waals surface area (Å²) in [6.45, 7) is 11.7. The van der Waals surface area contributed by atoms with Gasteiger partial charge in [0, 0.05) is 32.6 Å². The van der Waals surface area contributed by atoms with Crippen molar-refractivity contribution >= 4 is 18.3 Å². The summed E-state index contributed by atoms with van der Waals surface area (Å²) in [5.41, 5.74) is 3.77. The Labute approximate surface area is 294 Å². The first-order chi connectivity index (χ1) is 23.8. The highest BCUT2D eigenvalue weighted by Gasteiger charge is 2.24. The van der Waals surface area contributed by atoms with Crippen LogP contribution in [0.25, 0.3) is 0 Å². The van der Waals surface area contributed by atoms with Crippen LogP contribution in [-0.2, 0) is 27.2 Å². The van der Waals surface area contributed by atoms with Crippen LogP contribution in [0.15, 0.2) is 30.3 Å². The molecule has 274 valence electrons. The lowest BCUT2D eigenvalue weighted by Gasteiger charge is -2.31. The molecule has 10 nitrogen and oxygen atoms in total. The topological polar surface area (TPSA) is 124 Å². The molecular formula is C39H62N4O6. The average Bonchev–Trinajstić information content (AvgIpc) is 3.67. The minimum absolute atomic E-state index is 0.0254. The van der Waals surface area contributed by atoms with Gasteiger partial charge < -0.3 is 44.9 Å². The van der Waals surface area contributed by atoms with Gasteiger partial charge in [-0.2, -0.15) is 0 Å². The fourth-order valence-electron chi connectivity index (χ4n) is 7.01. The summed E-state index contributed by atoms with van der Waals surface area (Å²) in [6, 6.07) is 10.1. The monoisotopic (exact) mass is 682 g/mol. The highest BCUT2D eigenvalue weighted by molar-refractivity contribution is 5.69. The van der Waals surface area contributed by atoms with Gasteiger partial charge in [0.25, 0.3) is 0 Å². The molecule has 2 aromatic carbocycles. The van der Waals surface area contributed by atoms with E-state index in [0.29, 0.717) is 55.1 Å². The lowest BCUT2D eigenvalue weighted by molar-refractivity contribution is -0.110. The highest BCUT2D eigenvalue weighted by atomic mass is 16.5. The first-order valence-electron chi connectivity index (χ1n) is 18.4. The van der Waals surface area contributed by atoms with E-state index in [2.05, 4.69) is 47.4 Å². The summed E-state index contributed by atoms with van der Waals surface area (Å²) < 4.78 is 11.0. The zero-order valence-corrected chi connectivity index (χ0v) is 30.4. The van der Waals surface area contributed by atoms with Gasteiger partial charge in [0.05, 0.1) is 13.2 Å². The zero-order valence-electron chi connectivity index (χ0n) is 30.4. The number of anilines is 1. The number of hydrogen-bond donors (Lipinski definition) is 4. The summed E-state index contributed by atoms with van der Waals surface area (Å²) in [5.74, 6) is 2.40. The number of aldehydes is 2. The van der Waals surface area contributed by atoms with E-state index in [4.69, 9.17) is 9.47 Å². The quantitative estimate of drug-likeness (QED) is 0.0821. The Kier molecular flexibility index (Phi) is 18.5. The summed E-state index contributed by atoms with van der Waals surface area (Å²) in [5, 5.41) is 26.6. The number of likely N-dealkylation sites (tertiary alicyclic amines) is 1.